The van der Waals surface area contributed by atoms with E-state index >= 15 is 0 Å². The third kappa shape index (κ3) is 4.23. The molecule has 0 aliphatic carbocycles. The van der Waals surface area contributed by atoms with Crippen LogP contribution in [0.3, 0.4) is 0 Å². The molecule has 0 saturated heterocycles. The molecule has 0 bridgehead atoms. The Morgan fingerprint density at radius 1 is 1.19 bits per heavy atom. The van der Waals surface area contributed by atoms with E-state index in [-0.39, 0.29) is 5.54 Å². The lowest BCUT2D eigenvalue weighted by Gasteiger charge is -2.23. The highest BCUT2D eigenvalue weighted by Gasteiger charge is 2.13. The molecule has 0 aliphatic rings. The minimum atomic E-state index is 0.207. The summed E-state index contributed by atoms with van der Waals surface area (Å²) in [5.41, 5.74) is 1.57. The van der Waals surface area contributed by atoms with Crippen molar-refractivity contribution in [3.05, 3.63) is 29.8 Å². The van der Waals surface area contributed by atoms with Gasteiger partial charge < -0.3 is 10.1 Å². The second kappa shape index (κ2) is 5.90. The number of rotatable bonds is 6. The van der Waals surface area contributed by atoms with E-state index < -0.39 is 0 Å². The molecule has 1 N–H and O–H groups in total. The molecule has 0 heterocycles. The van der Waals surface area contributed by atoms with Crippen molar-refractivity contribution in [1.29, 1.82) is 0 Å². The smallest absolute Gasteiger partial charge is 0.119 e. The molecule has 1 aromatic carbocycles. The minimum absolute atomic E-state index is 0.207. The average Bonchev–Trinajstić information content (AvgIpc) is 2.29. The Balaban J connectivity index is 2.49. The molecule has 0 radical (unpaired) electrons. The third-order valence-corrected chi connectivity index (χ3v) is 2.95. The van der Waals surface area contributed by atoms with Crippen LogP contribution in [0.15, 0.2) is 24.3 Å². The topological polar surface area (TPSA) is 21.3 Å². The first-order chi connectivity index (χ1) is 7.57. The van der Waals surface area contributed by atoms with E-state index in [2.05, 4.69) is 31.3 Å². The van der Waals surface area contributed by atoms with E-state index in [4.69, 9.17) is 4.74 Å². The monoisotopic (exact) mass is 221 g/mol. The van der Waals surface area contributed by atoms with Crippen LogP contribution in [0.25, 0.3) is 0 Å². The van der Waals surface area contributed by atoms with E-state index in [1.54, 1.807) is 0 Å². The van der Waals surface area contributed by atoms with E-state index in [9.17, 15) is 0 Å². The number of hydrogen-bond acceptors (Lipinski definition) is 2. The molecule has 0 amide bonds. The van der Waals surface area contributed by atoms with Gasteiger partial charge in [0.05, 0.1) is 6.61 Å². The number of ether oxygens (including phenoxy) is 1. The van der Waals surface area contributed by atoms with Gasteiger partial charge in [0.15, 0.2) is 0 Å². The van der Waals surface area contributed by atoms with E-state index in [1.807, 2.05) is 26.1 Å². The first-order valence-electron chi connectivity index (χ1n) is 5.98. The van der Waals surface area contributed by atoms with Gasteiger partial charge in [0.1, 0.15) is 5.75 Å². The van der Waals surface area contributed by atoms with Crippen LogP contribution < -0.4 is 10.1 Å². The predicted molar refractivity (Wildman–Crippen MR) is 69.1 cm³/mol. The Morgan fingerprint density at radius 3 is 2.31 bits per heavy atom. The first kappa shape index (κ1) is 13.0. The van der Waals surface area contributed by atoms with Crippen LogP contribution in [0.5, 0.6) is 5.75 Å². The maximum absolute atomic E-state index is 5.42. The second-order valence-corrected chi connectivity index (χ2v) is 4.71. The van der Waals surface area contributed by atoms with E-state index in [0.29, 0.717) is 0 Å². The fourth-order valence-corrected chi connectivity index (χ4v) is 1.50. The summed E-state index contributed by atoms with van der Waals surface area (Å²) in [4.78, 5) is 0. The van der Waals surface area contributed by atoms with Gasteiger partial charge in [-0.25, -0.2) is 0 Å². The van der Waals surface area contributed by atoms with Gasteiger partial charge in [-0.15, -0.1) is 0 Å². The predicted octanol–water partition coefficient (Wildman–Crippen LogP) is 3.02. The largest absolute Gasteiger partial charge is 0.494 e. The minimum Gasteiger partial charge on any atom is -0.494 e. The van der Waals surface area contributed by atoms with Crippen molar-refractivity contribution in [1.82, 2.24) is 5.32 Å². The molecule has 0 unspecified atom stereocenters. The van der Waals surface area contributed by atoms with Gasteiger partial charge in [0, 0.05) is 5.54 Å². The van der Waals surface area contributed by atoms with Crippen molar-refractivity contribution >= 4 is 0 Å². The summed E-state index contributed by atoms with van der Waals surface area (Å²) >= 11 is 0. The molecule has 0 spiro atoms. The summed E-state index contributed by atoms with van der Waals surface area (Å²) in [5, 5.41) is 3.32. The molecular weight excluding hydrogens is 198 g/mol. The summed E-state index contributed by atoms with van der Waals surface area (Å²) in [6.07, 6.45) is 2.23. The normalized spacial score (nSPS) is 11.5. The van der Waals surface area contributed by atoms with Crippen molar-refractivity contribution in [3.8, 4) is 5.75 Å². The van der Waals surface area contributed by atoms with Crippen LogP contribution in [0.2, 0.25) is 0 Å². The highest BCUT2D eigenvalue weighted by Crippen LogP contribution is 2.16. The molecule has 16 heavy (non-hydrogen) atoms. The van der Waals surface area contributed by atoms with Crippen molar-refractivity contribution in [2.45, 2.75) is 39.2 Å². The quantitative estimate of drug-likeness (QED) is 0.797. The van der Waals surface area contributed by atoms with Gasteiger partial charge in [-0.05, 0) is 58.4 Å². The molecule has 0 atom stereocenters. The average molecular weight is 221 g/mol. The van der Waals surface area contributed by atoms with Crippen LogP contribution >= 0.6 is 0 Å². The summed E-state index contributed by atoms with van der Waals surface area (Å²) in [7, 11) is 2.01. The highest BCUT2D eigenvalue weighted by molar-refractivity contribution is 5.27. The number of aryl methyl sites for hydroxylation is 1. The van der Waals surface area contributed by atoms with Crippen molar-refractivity contribution in [3.63, 3.8) is 0 Å². The zero-order valence-electron chi connectivity index (χ0n) is 10.8. The summed E-state index contributed by atoms with van der Waals surface area (Å²) in [6, 6.07) is 8.39. The van der Waals surface area contributed by atoms with Crippen LogP contribution in [-0.2, 0) is 6.42 Å². The Labute approximate surface area is 99.0 Å². The molecular formula is C14H23NO. The lowest BCUT2D eigenvalue weighted by molar-refractivity contribution is 0.340. The molecule has 2 nitrogen and oxygen atoms in total. The van der Waals surface area contributed by atoms with E-state index in [1.165, 1.54) is 5.56 Å². The Hall–Kier alpha value is -1.02. The number of nitrogens with one attached hydrogen (secondary N) is 1. The maximum Gasteiger partial charge on any atom is 0.119 e. The fourth-order valence-electron chi connectivity index (χ4n) is 1.50. The Kier molecular flexibility index (Phi) is 4.81. The van der Waals surface area contributed by atoms with Gasteiger partial charge in [0.25, 0.3) is 0 Å². The van der Waals surface area contributed by atoms with Crippen molar-refractivity contribution in [2.75, 3.05) is 13.7 Å². The van der Waals surface area contributed by atoms with Crippen LogP contribution in [-0.4, -0.2) is 19.2 Å². The maximum atomic E-state index is 5.42. The van der Waals surface area contributed by atoms with Gasteiger partial charge in [-0.2, -0.15) is 0 Å². The standard InChI is InChI=1S/C14H23NO/c1-5-16-13-8-6-12(7-9-13)10-11-14(2,3)15-4/h6-9,15H,5,10-11H2,1-4H3. The molecule has 0 saturated carbocycles. The Bertz CT molecular complexity index is 303. The molecule has 0 fully saturated rings. The van der Waals surface area contributed by atoms with Gasteiger partial charge in [-0.1, -0.05) is 12.1 Å². The summed E-state index contributed by atoms with van der Waals surface area (Å²) < 4.78 is 5.42. The highest BCUT2D eigenvalue weighted by atomic mass is 16.5. The van der Waals surface area contributed by atoms with Gasteiger partial charge >= 0.3 is 0 Å². The van der Waals surface area contributed by atoms with Crippen LogP contribution in [0.1, 0.15) is 32.8 Å². The SMILES string of the molecule is CCOc1ccc(CCC(C)(C)NC)cc1. The lowest BCUT2D eigenvalue weighted by atomic mass is 9.95. The second-order valence-electron chi connectivity index (χ2n) is 4.71. The van der Waals surface area contributed by atoms with Crippen LogP contribution in [0, 0.1) is 0 Å². The summed E-state index contributed by atoms with van der Waals surface area (Å²) in [5.74, 6) is 0.958. The number of hydrogen-bond donors (Lipinski definition) is 1. The molecule has 0 aliphatic heterocycles. The number of benzene rings is 1. The van der Waals surface area contributed by atoms with Gasteiger partial charge in [-0.3, -0.25) is 0 Å². The molecule has 1 aromatic rings. The molecule has 0 aromatic heterocycles. The summed E-state index contributed by atoms with van der Waals surface area (Å²) in [6.45, 7) is 7.18. The van der Waals surface area contributed by atoms with E-state index in [0.717, 1.165) is 25.2 Å². The molecule has 2 heteroatoms. The van der Waals surface area contributed by atoms with Crippen molar-refractivity contribution < 1.29 is 4.74 Å². The van der Waals surface area contributed by atoms with Crippen LogP contribution in [0.4, 0.5) is 0 Å². The fraction of sp³-hybridized carbons (Fsp3) is 0.571. The third-order valence-electron chi connectivity index (χ3n) is 2.95. The molecule has 90 valence electrons. The zero-order chi connectivity index (χ0) is 12.0. The lowest BCUT2D eigenvalue weighted by Crippen LogP contribution is -2.36. The Morgan fingerprint density at radius 2 is 1.81 bits per heavy atom. The van der Waals surface area contributed by atoms with Gasteiger partial charge in [0.2, 0.25) is 0 Å². The molecule has 1 rings (SSSR count). The zero-order valence-corrected chi connectivity index (χ0v) is 10.8. The first-order valence-corrected chi connectivity index (χ1v) is 5.98. The van der Waals surface area contributed by atoms with Crippen molar-refractivity contribution in [2.24, 2.45) is 0 Å².